The second-order valence-corrected chi connectivity index (χ2v) is 7.39. The fourth-order valence-electron chi connectivity index (χ4n) is 2.60. The molecule has 0 saturated heterocycles. The maximum absolute atomic E-state index is 13.0. The van der Waals surface area contributed by atoms with Crippen LogP contribution in [0.5, 0.6) is 0 Å². The lowest BCUT2D eigenvalue weighted by Crippen LogP contribution is -2.44. The zero-order chi connectivity index (χ0) is 22.2. The lowest BCUT2D eigenvalue weighted by molar-refractivity contribution is 0.0950. The summed E-state index contributed by atoms with van der Waals surface area (Å²) in [6.07, 6.45) is -1.05. The maximum atomic E-state index is 13.0. The van der Waals surface area contributed by atoms with Crippen LogP contribution in [0.25, 0.3) is 0 Å². The summed E-state index contributed by atoms with van der Waals surface area (Å²) in [4.78, 5) is 12.5. The van der Waals surface area contributed by atoms with Gasteiger partial charge >= 0.3 is 6.09 Å². The highest BCUT2D eigenvalue weighted by Crippen LogP contribution is 2.20. The lowest BCUT2D eigenvalue weighted by Gasteiger charge is -2.33. The van der Waals surface area contributed by atoms with Crippen LogP contribution in [0, 0.1) is 11.6 Å². The van der Waals surface area contributed by atoms with Crippen LogP contribution < -0.4 is 5.73 Å². The Hall–Kier alpha value is -2.55. The Labute approximate surface area is 169 Å². The average molecular weight is 410 g/mol. The number of hydrogen-bond acceptors (Lipinski definition) is 4. The Bertz CT molecular complexity index is 823. The second kappa shape index (κ2) is 10.8. The van der Waals surface area contributed by atoms with Gasteiger partial charge in [-0.3, -0.25) is 4.90 Å². The van der Waals surface area contributed by atoms with Crippen LogP contribution in [0.1, 0.15) is 43.0 Å². The lowest BCUT2D eigenvalue weighted by atomic mass is 10.0. The first kappa shape index (κ1) is 24.5. The molecular formula is C21H28F2N2O4. The van der Waals surface area contributed by atoms with Crippen LogP contribution in [0.2, 0.25) is 0 Å². The van der Waals surface area contributed by atoms with Gasteiger partial charge in [-0.2, -0.15) is 0 Å². The fourth-order valence-corrected chi connectivity index (χ4v) is 2.60. The van der Waals surface area contributed by atoms with E-state index >= 15 is 0 Å². The van der Waals surface area contributed by atoms with Crippen molar-refractivity contribution in [3.8, 4) is 0 Å². The summed E-state index contributed by atoms with van der Waals surface area (Å²) in [6, 6.07) is 8.20. The molecule has 5 N–H and O–H groups in total. The number of carboxylic acid groups (broad SMARTS) is 1. The summed E-state index contributed by atoms with van der Waals surface area (Å²) < 4.78 is 25.5. The van der Waals surface area contributed by atoms with Gasteiger partial charge in [0, 0.05) is 18.6 Å². The normalized spacial score (nSPS) is 10.9. The topological polar surface area (TPSA) is 107 Å². The molecule has 8 heteroatoms. The van der Waals surface area contributed by atoms with Gasteiger partial charge in [-0.1, -0.05) is 12.1 Å². The largest absolute Gasteiger partial charge is 0.465 e. The van der Waals surface area contributed by atoms with E-state index in [0.717, 1.165) is 5.56 Å². The predicted molar refractivity (Wildman–Crippen MR) is 106 cm³/mol. The first-order chi connectivity index (χ1) is 13.5. The molecule has 0 fully saturated rings. The summed E-state index contributed by atoms with van der Waals surface area (Å²) in [7, 11) is 0. The third-order valence-corrected chi connectivity index (χ3v) is 4.27. The molecule has 0 atom stereocenters. The van der Waals surface area contributed by atoms with Gasteiger partial charge in [-0.25, -0.2) is 13.6 Å². The van der Waals surface area contributed by atoms with Crippen molar-refractivity contribution in [3.05, 3.63) is 70.3 Å². The minimum atomic E-state index is -1.05. The second-order valence-electron chi connectivity index (χ2n) is 7.39. The summed E-state index contributed by atoms with van der Waals surface area (Å²) in [5, 5.41) is 27.1. The predicted octanol–water partition coefficient (Wildman–Crippen LogP) is 3.37. The van der Waals surface area contributed by atoms with Gasteiger partial charge < -0.3 is 21.1 Å². The Morgan fingerprint density at radius 1 is 0.931 bits per heavy atom. The smallest absolute Gasteiger partial charge is 0.408 e. The van der Waals surface area contributed by atoms with Gasteiger partial charge in [0.25, 0.3) is 0 Å². The van der Waals surface area contributed by atoms with Crippen molar-refractivity contribution in [1.29, 1.82) is 0 Å². The van der Waals surface area contributed by atoms with E-state index < -0.39 is 17.4 Å². The van der Waals surface area contributed by atoms with Crippen LogP contribution >= 0.6 is 0 Å². The molecule has 29 heavy (non-hydrogen) atoms. The molecule has 2 aromatic carbocycles. The van der Waals surface area contributed by atoms with E-state index in [1.54, 1.807) is 26.8 Å². The van der Waals surface area contributed by atoms with E-state index in [0.29, 0.717) is 23.2 Å². The number of aliphatic hydroxyl groups excluding tert-OH is 2. The fraction of sp³-hybridized carbons (Fsp3) is 0.381. The monoisotopic (exact) mass is 410 g/mol. The average Bonchev–Trinajstić information content (AvgIpc) is 2.65. The van der Waals surface area contributed by atoms with E-state index in [1.165, 1.54) is 35.2 Å². The molecule has 2 rings (SSSR count). The molecule has 0 aromatic heterocycles. The standard InChI is InChI=1S/C13H18FNO3.C8H10FNO/c1-13(2,3)15(12(17)18)7-9-4-5-11(14)6-10(9)8-16;9-8-2-1-6(4-10)7(3-8)5-11/h4-6,16H,7-8H2,1-3H3,(H,17,18);1-3,11H,4-5,10H2. The minimum absolute atomic E-state index is 0.120. The number of amides is 1. The van der Waals surface area contributed by atoms with Gasteiger partial charge in [0.15, 0.2) is 0 Å². The van der Waals surface area contributed by atoms with E-state index in [4.69, 9.17) is 15.9 Å². The molecule has 2 aromatic rings. The van der Waals surface area contributed by atoms with Gasteiger partial charge in [0.2, 0.25) is 0 Å². The molecule has 1 amide bonds. The Morgan fingerprint density at radius 3 is 1.76 bits per heavy atom. The van der Waals surface area contributed by atoms with Gasteiger partial charge in [-0.05, 0) is 67.3 Å². The van der Waals surface area contributed by atoms with Crippen LogP contribution in [-0.4, -0.2) is 31.9 Å². The molecule has 0 aliphatic heterocycles. The molecule has 0 spiro atoms. The van der Waals surface area contributed by atoms with Crippen LogP contribution in [0.4, 0.5) is 13.6 Å². The van der Waals surface area contributed by atoms with Crippen molar-refractivity contribution < 1.29 is 28.9 Å². The molecule has 0 unspecified atom stereocenters. The Kier molecular flexibility index (Phi) is 9.16. The molecule has 0 saturated carbocycles. The summed E-state index contributed by atoms with van der Waals surface area (Å²) in [5.74, 6) is -0.785. The molecular weight excluding hydrogens is 382 g/mol. The number of rotatable bonds is 5. The number of nitrogens with two attached hydrogens (primary N) is 1. The summed E-state index contributed by atoms with van der Waals surface area (Å²) in [5.41, 5.74) is 7.14. The first-order valence-electron chi connectivity index (χ1n) is 9.00. The van der Waals surface area contributed by atoms with Gasteiger partial charge in [-0.15, -0.1) is 0 Å². The number of hydrogen-bond donors (Lipinski definition) is 4. The number of nitrogens with zero attached hydrogens (tertiary/aromatic N) is 1. The van der Waals surface area contributed by atoms with Crippen molar-refractivity contribution in [2.45, 2.75) is 52.6 Å². The minimum Gasteiger partial charge on any atom is -0.465 e. The van der Waals surface area contributed by atoms with Gasteiger partial charge in [0.1, 0.15) is 11.6 Å². The number of aliphatic hydroxyl groups is 2. The highest BCUT2D eigenvalue weighted by molar-refractivity contribution is 5.66. The molecule has 0 radical (unpaired) electrons. The summed E-state index contributed by atoms with van der Waals surface area (Å²) >= 11 is 0. The van der Waals surface area contributed by atoms with Crippen LogP contribution in [0.3, 0.4) is 0 Å². The van der Waals surface area contributed by atoms with E-state index in [9.17, 15) is 18.7 Å². The molecule has 160 valence electrons. The summed E-state index contributed by atoms with van der Waals surface area (Å²) in [6.45, 7) is 5.32. The van der Waals surface area contributed by atoms with Crippen LogP contribution in [-0.2, 0) is 26.3 Å². The third-order valence-electron chi connectivity index (χ3n) is 4.27. The van der Waals surface area contributed by atoms with Crippen molar-refractivity contribution in [1.82, 2.24) is 4.90 Å². The zero-order valence-corrected chi connectivity index (χ0v) is 16.8. The third kappa shape index (κ3) is 7.41. The van der Waals surface area contributed by atoms with E-state index in [-0.39, 0.29) is 25.6 Å². The zero-order valence-electron chi connectivity index (χ0n) is 16.8. The van der Waals surface area contributed by atoms with Crippen molar-refractivity contribution >= 4 is 6.09 Å². The molecule has 0 heterocycles. The Balaban J connectivity index is 0.000000326. The van der Waals surface area contributed by atoms with E-state index in [1.807, 2.05) is 0 Å². The molecule has 6 nitrogen and oxygen atoms in total. The SMILES string of the molecule is CC(C)(C)N(Cc1ccc(F)cc1CO)C(=O)O.NCc1ccc(F)cc1CO. The van der Waals surface area contributed by atoms with E-state index in [2.05, 4.69) is 0 Å². The maximum Gasteiger partial charge on any atom is 0.408 e. The molecule has 0 bridgehead atoms. The van der Waals surface area contributed by atoms with Crippen molar-refractivity contribution in [3.63, 3.8) is 0 Å². The van der Waals surface area contributed by atoms with Crippen molar-refractivity contribution in [2.24, 2.45) is 5.73 Å². The van der Waals surface area contributed by atoms with Crippen molar-refractivity contribution in [2.75, 3.05) is 0 Å². The first-order valence-corrected chi connectivity index (χ1v) is 9.00. The molecule has 0 aliphatic carbocycles. The van der Waals surface area contributed by atoms with Gasteiger partial charge in [0.05, 0.1) is 13.2 Å². The quantitative estimate of drug-likeness (QED) is 0.605. The highest BCUT2D eigenvalue weighted by Gasteiger charge is 2.26. The Morgan fingerprint density at radius 2 is 1.38 bits per heavy atom. The molecule has 0 aliphatic rings. The number of carbonyl (C=O) groups is 1. The van der Waals surface area contributed by atoms with Crippen LogP contribution in [0.15, 0.2) is 36.4 Å². The number of benzene rings is 2. The number of halogens is 2. The highest BCUT2D eigenvalue weighted by atomic mass is 19.1.